The number of nitrogens with zero attached hydrogens (tertiary/aromatic N) is 5. The molecule has 2 aromatic heterocycles. The minimum atomic E-state index is 0.192. The summed E-state index contributed by atoms with van der Waals surface area (Å²) in [5.74, 6) is 1.43. The molecule has 0 N–H and O–H groups in total. The van der Waals surface area contributed by atoms with Crippen molar-refractivity contribution >= 4 is 0 Å². The van der Waals surface area contributed by atoms with Gasteiger partial charge in [0.1, 0.15) is 5.69 Å². The monoisotopic (exact) mass is 417 g/mol. The van der Waals surface area contributed by atoms with Crippen molar-refractivity contribution < 1.29 is 4.74 Å². The minimum absolute atomic E-state index is 0.192. The Kier molecular flexibility index (Phi) is 6.09. The van der Waals surface area contributed by atoms with Crippen LogP contribution in [0.25, 0.3) is 11.3 Å². The van der Waals surface area contributed by atoms with E-state index in [1.54, 1.807) is 12.4 Å². The fourth-order valence-corrected chi connectivity index (χ4v) is 5.45. The number of benzene rings is 1. The first-order chi connectivity index (χ1) is 15.3. The molecule has 3 heterocycles. The maximum Gasteiger partial charge on any atom is 0.113 e. The van der Waals surface area contributed by atoms with Crippen molar-refractivity contribution in [1.82, 2.24) is 24.9 Å². The van der Waals surface area contributed by atoms with Gasteiger partial charge in [-0.05, 0) is 61.8 Å². The van der Waals surface area contributed by atoms with Crippen molar-refractivity contribution in [2.24, 2.45) is 11.8 Å². The van der Waals surface area contributed by atoms with E-state index in [-0.39, 0.29) is 12.1 Å². The van der Waals surface area contributed by atoms with Crippen molar-refractivity contribution in [2.75, 3.05) is 26.7 Å². The van der Waals surface area contributed by atoms with Crippen LogP contribution < -0.4 is 0 Å². The molecule has 162 valence electrons. The summed E-state index contributed by atoms with van der Waals surface area (Å²) in [7, 11) is 1.84. The summed E-state index contributed by atoms with van der Waals surface area (Å²) in [5, 5.41) is 8.90. The second-order valence-electron chi connectivity index (χ2n) is 9.00. The van der Waals surface area contributed by atoms with Gasteiger partial charge < -0.3 is 9.64 Å². The number of rotatable bonds is 7. The zero-order valence-electron chi connectivity index (χ0n) is 18.2. The van der Waals surface area contributed by atoms with Gasteiger partial charge >= 0.3 is 0 Å². The van der Waals surface area contributed by atoms with Crippen LogP contribution in [-0.2, 0) is 11.2 Å². The number of pyridine rings is 1. The zero-order valence-corrected chi connectivity index (χ0v) is 18.2. The summed E-state index contributed by atoms with van der Waals surface area (Å²) in [6.45, 7) is 3.57. The van der Waals surface area contributed by atoms with Crippen LogP contribution in [0.1, 0.15) is 30.9 Å². The Hall–Kier alpha value is -2.57. The summed E-state index contributed by atoms with van der Waals surface area (Å²) >= 11 is 0. The first kappa shape index (κ1) is 20.3. The largest absolute Gasteiger partial charge is 0.379 e. The Balaban J connectivity index is 1.21. The number of fused-ring (bicyclic) bond motifs is 1. The highest BCUT2D eigenvalue weighted by Crippen LogP contribution is 2.42. The first-order valence-electron chi connectivity index (χ1n) is 11.4. The molecule has 0 radical (unpaired) electrons. The smallest absolute Gasteiger partial charge is 0.113 e. The summed E-state index contributed by atoms with van der Waals surface area (Å²) in [4.78, 5) is 6.76. The molecule has 1 aliphatic heterocycles. The van der Waals surface area contributed by atoms with Gasteiger partial charge in [-0.2, -0.15) is 0 Å². The predicted molar refractivity (Wildman–Crippen MR) is 121 cm³/mol. The lowest BCUT2D eigenvalue weighted by Gasteiger charge is -2.37. The number of ether oxygens (including phenoxy) is 1. The number of aryl methyl sites for hydroxylation is 1. The second-order valence-corrected chi connectivity index (χ2v) is 9.00. The van der Waals surface area contributed by atoms with Crippen molar-refractivity contribution in [3.05, 3.63) is 66.6 Å². The van der Waals surface area contributed by atoms with Crippen molar-refractivity contribution in [2.45, 2.75) is 37.8 Å². The normalized spacial score (nSPS) is 26.1. The van der Waals surface area contributed by atoms with Crippen LogP contribution in [0.5, 0.6) is 0 Å². The van der Waals surface area contributed by atoms with Gasteiger partial charge in [0, 0.05) is 38.2 Å². The Bertz CT molecular complexity index is 960. The molecular weight excluding hydrogens is 386 g/mol. The average Bonchev–Trinajstić information content (AvgIpc) is 3.46. The lowest BCUT2D eigenvalue weighted by Crippen LogP contribution is -2.37. The topological polar surface area (TPSA) is 56.1 Å². The van der Waals surface area contributed by atoms with E-state index in [0.717, 1.165) is 36.4 Å². The van der Waals surface area contributed by atoms with Crippen molar-refractivity contribution in [3.63, 3.8) is 0 Å². The van der Waals surface area contributed by atoms with Crippen molar-refractivity contribution in [1.29, 1.82) is 0 Å². The van der Waals surface area contributed by atoms with E-state index in [0.29, 0.717) is 5.92 Å². The fraction of sp³-hybridized carbons (Fsp3) is 0.480. The van der Waals surface area contributed by atoms with Crippen LogP contribution in [0.3, 0.4) is 0 Å². The molecule has 5 rings (SSSR count). The van der Waals surface area contributed by atoms with E-state index < -0.39 is 0 Å². The van der Waals surface area contributed by atoms with Gasteiger partial charge in [0.2, 0.25) is 0 Å². The maximum atomic E-state index is 5.94. The van der Waals surface area contributed by atoms with Crippen LogP contribution in [-0.4, -0.2) is 57.7 Å². The average molecular weight is 418 g/mol. The molecule has 6 heteroatoms. The molecule has 3 aromatic rings. The van der Waals surface area contributed by atoms with E-state index in [1.807, 2.05) is 23.9 Å². The fourth-order valence-electron chi connectivity index (χ4n) is 5.45. The van der Waals surface area contributed by atoms with Gasteiger partial charge in [-0.15, -0.1) is 5.10 Å². The Morgan fingerprint density at radius 3 is 2.55 bits per heavy atom. The summed E-state index contributed by atoms with van der Waals surface area (Å²) in [6, 6.07) is 15.0. The lowest BCUT2D eigenvalue weighted by atomic mass is 9.77. The third kappa shape index (κ3) is 4.55. The third-order valence-corrected chi connectivity index (χ3v) is 7.07. The Morgan fingerprint density at radius 2 is 1.77 bits per heavy atom. The maximum absolute atomic E-state index is 5.94. The van der Waals surface area contributed by atoms with Crippen LogP contribution in [0, 0.1) is 11.8 Å². The number of likely N-dealkylation sites (tertiary alicyclic amines) is 1. The van der Waals surface area contributed by atoms with E-state index in [1.165, 1.54) is 31.6 Å². The molecule has 0 amide bonds. The van der Waals surface area contributed by atoms with E-state index in [4.69, 9.17) is 4.74 Å². The van der Waals surface area contributed by atoms with Gasteiger partial charge in [-0.25, -0.2) is 4.68 Å². The number of hydrogen-bond donors (Lipinski definition) is 0. The quantitative estimate of drug-likeness (QED) is 0.584. The highest BCUT2D eigenvalue weighted by atomic mass is 16.5. The van der Waals surface area contributed by atoms with Crippen LogP contribution in [0.4, 0.5) is 0 Å². The number of methoxy groups -OCH3 is 1. The molecule has 1 aliphatic carbocycles. The van der Waals surface area contributed by atoms with Crippen molar-refractivity contribution in [3.8, 4) is 11.3 Å². The van der Waals surface area contributed by atoms with Gasteiger partial charge in [0.05, 0.1) is 18.3 Å². The molecule has 31 heavy (non-hydrogen) atoms. The molecule has 1 saturated carbocycles. The minimum Gasteiger partial charge on any atom is -0.379 e. The van der Waals surface area contributed by atoms with Crippen LogP contribution >= 0.6 is 0 Å². The van der Waals surface area contributed by atoms with E-state index in [9.17, 15) is 0 Å². The molecule has 0 spiro atoms. The van der Waals surface area contributed by atoms with Gasteiger partial charge in [0.25, 0.3) is 0 Å². The molecule has 1 aromatic carbocycles. The van der Waals surface area contributed by atoms with Gasteiger partial charge in [-0.3, -0.25) is 4.98 Å². The molecule has 2 aliphatic rings. The Morgan fingerprint density at radius 1 is 1.00 bits per heavy atom. The van der Waals surface area contributed by atoms with Crippen LogP contribution in [0.15, 0.2) is 61.1 Å². The SMILES string of the molecule is CO[C@@H]1C[C@H]2CN(CCCc3ccccc3)C[C@H]2C[C@H]1n1cc(-c2ccncc2)nn1. The highest BCUT2D eigenvalue weighted by molar-refractivity contribution is 5.56. The highest BCUT2D eigenvalue weighted by Gasteiger charge is 2.43. The van der Waals surface area contributed by atoms with E-state index >= 15 is 0 Å². The molecule has 2 fully saturated rings. The lowest BCUT2D eigenvalue weighted by molar-refractivity contribution is -0.00545. The first-order valence-corrected chi connectivity index (χ1v) is 11.4. The zero-order chi connectivity index (χ0) is 21.0. The molecule has 1 saturated heterocycles. The summed E-state index contributed by atoms with van der Waals surface area (Å²) in [6.07, 6.45) is 10.4. The molecule has 4 atom stereocenters. The third-order valence-electron chi connectivity index (χ3n) is 7.07. The number of aromatic nitrogens is 4. The Labute approximate surface area is 184 Å². The van der Waals surface area contributed by atoms with Crippen LogP contribution in [0.2, 0.25) is 0 Å². The second kappa shape index (κ2) is 9.28. The van der Waals surface area contributed by atoms with Gasteiger partial charge in [-0.1, -0.05) is 35.5 Å². The predicted octanol–water partition coefficient (Wildman–Crippen LogP) is 3.87. The molecule has 0 unspecified atom stereocenters. The number of hydrogen-bond acceptors (Lipinski definition) is 5. The molecule has 0 bridgehead atoms. The van der Waals surface area contributed by atoms with E-state index in [2.05, 4.69) is 56.7 Å². The molecular formula is C25H31N5O. The van der Waals surface area contributed by atoms with Gasteiger partial charge in [0.15, 0.2) is 0 Å². The summed E-state index contributed by atoms with van der Waals surface area (Å²) < 4.78 is 7.98. The summed E-state index contributed by atoms with van der Waals surface area (Å²) in [5.41, 5.74) is 3.39. The molecule has 6 nitrogen and oxygen atoms in total. The standard InChI is InChI=1S/C25H31N5O/c1-31-25-15-22-17-29(13-5-8-19-6-3-2-4-7-19)16-21(22)14-24(25)30-18-23(27-28-30)20-9-11-26-12-10-20/h2-4,6-7,9-12,18,21-22,24-25H,5,8,13-17H2,1H3/t21-,22+,24-,25-/m1/s1.